The minimum Gasteiger partial charge on any atom is -0.496 e. The molecule has 0 aliphatic rings. The summed E-state index contributed by atoms with van der Waals surface area (Å²) >= 11 is 3.26. The molecular formula is C16H14BrF3N2O4S. The molecule has 0 atom stereocenters. The topological polar surface area (TPSA) is 84.5 Å². The molecule has 146 valence electrons. The standard InChI is InChI=1S/C16H14BrF3N2O4S/c1-26-14-7-2-10(8-13(14)17)15(23)22-11-3-5-12(6-4-11)27(24,25)21-9-16(18,19)20/h2-8,21H,9H2,1H3,(H,22,23). The Morgan fingerprint density at radius 2 is 1.78 bits per heavy atom. The first-order chi connectivity index (χ1) is 12.5. The van der Waals surface area contributed by atoms with Crippen molar-refractivity contribution in [2.24, 2.45) is 0 Å². The zero-order valence-corrected chi connectivity index (χ0v) is 16.2. The molecule has 0 bridgehead atoms. The Kier molecular flexibility index (Phi) is 6.50. The van der Waals surface area contributed by atoms with Gasteiger partial charge in [0.25, 0.3) is 5.91 Å². The zero-order chi connectivity index (χ0) is 20.2. The molecule has 27 heavy (non-hydrogen) atoms. The summed E-state index contributed by atoms with van der Waals surface area (Å²) in [5.74, 6) is 0.0941. The summed E-state index contributed by atoms with van der Waals surface area (Å²) in [7, 11) is -2.82. The van der Waals surface area contributed by atoms with Crippen molar-refractivity contribution in [2.75, 3.05) is 19.0 Å². The zero-order valence-electron chi connectivity index (χ0n) is 13.8. The number of carbonyl (C=O) groups is 1. The van der Waals surface area contributed by atoms with Crippen molar-refractivity contribution in [3.05, 3.63) is 52.5 Å². The SMILES string of the molecule is COc1ccc(C(=O)Nc2ccc(S(=O)(=O)NCC(F)(F)F)cc2)cc1Br. The van der Waals surface area contributed by atoms with E-state index in [1.165, 1.54) is 24.0 Å². The summed E-state index contributed by atoms with van der Waals surface area (Å²) in [6.07, 6.45) is -4.66. The molecule has 0 radical (unpaired) electrons. The van der Waals surface area contributed by atoms with Crippen molar-refractivity contribution in [2.45, 2.75) is 11.1 Å². The number of rotatable bonds is 6. The molecule has 1 amide bonds. The van der Waals surface area contributed by atoms with Crippen molar-refractivity contribution in [1.82, 2.24) is 4.72 Å². The van der Waals surface area contributed by atoms with E-state index in [1.807, 2.05) is 0 Å². The first-order valence-electron chi connectivity index (χ1n) is 7.33. The van der Waals surface area contributed by atoms with E-state index in [2.05, 4.69) is 21.2 Å². The number of alkyl halides is 3. The van der Waals surface area contributed by atoms with Gasteiger partial charge in [-0.3, -0.25) is 4.79 Å². The molecule has 0 saturated heterocycles. The van der Waals surface area contributed by atoms with E-state index in [0.717, 1.165) is 12.1 Å². The third-order valence-corrected chi connectivity index (χ3v) is 5.34. The normalized spacial score (nSPS) is 11.9. The Hall–Kier alpha value is -2.11. The van der Waals surface area contributed by atoms with Gasteiger partial charge in [-0.15, -0.1) is 0 Å². The number of sulfonamides is 1. The molecule has 0 spiro atoms. The molecule has 2 N–H and O–H groups in total. The molecule has 11 heteroatoms. The Bertz CT molecular complexity index is 932. The predicted molar refractivity (Wildman–Crippen MR) is 96.3 cm³/mol. The molecule has 0 aromatic heterocycles. The molecule has 0 unspecified atom stereocenters. The molecule has 0 aliphatic heterocycles. The molecule has 6 nitrogen and oxygen atoms in total. The Labute approximate surface area is 161 Å². The molecular weight excluding hydrogens is 453 g/mol. The summed E-state index contributed by atoms with van der Waals surface area (Å²) in [6, 6.07) is 9.43. The van der Waals surface area contributed by atoms with Crippen LogP contribution >= 0.6 is 15.9 Å². The third kappa shape index (κ3) is 5.94. The number of nitrogens with one attached hydrogen (secondary N) is 2. The highest BCUT2D eigenvalue weighted by atomic mass is 79.9. The van der Waals surface area contributed by atoms with Gasteiger partial charge < -0.3 is 10.1 Å². The molecule has 2 rings (SSSR count). The maximum Gasteiger partial charge on any atom is 0.402 e. The fraction of sp³-hybridized carbons (Fsp3) is 0.188. The maximum atomic E-state index is 12.2. The van der Waals surface area contributed by atoms with Gasteiger partial charge in [0.05, 0.1) is 16.5 Å². The molecule has 0 saturated carbocycles. The lowest BCUT2D eigenvalue weighted by Crippen LogP contribution is -2.33. The highest BCUT2D eigenvalue weighted by molar-refractivity contribution is 9.10. The van der Waals surface area contributed by atoms with Gasteiger partial charge in [-0.25, -0.2) is 13.1 Å². The van der Waals surface area contributed by atoms with Crippen LogP contribution in [0.15, 0.2) is 51.8 Å². The second-order valence-corrected chi connectivity index (χ2v) is 7.89. The van der Waals surface area contributed by atoms with Crippen LogP contribution in [0.1, 0.15) is 10.4 Å². The van der Waals surface area contributed by atoms with Crippen LogP contribution in [0, 0.1) is 0 Å². The van der Waals surface area contributed by atoms with Gasteiger partial charge in [0, 0.05) is 11.3 Å². The molecule has 0 fully saturated rings. The van der Waals surface area contributed by atoms with Gasteiger partial charge in [0.1, 0.15) is 12.3 Å². The summed E-state index contributed by atoms with van der Waals surface area (Å²) in [5, 5.41) is 2.56. The average molecular weight is 467 g/mol. The van der Waals surface area contributed by atoms with Crippen LogP contribution in [0.4, 0.5) is 18.9 Å². The number of carbonyl (C=O) groups excluding carboxylic acids is 1. The lowest BCUT2D eigenvalue weighted by molar-refractivity contribution is -0.121. The number of anilines is 1. The van der Waals surface area contributed by atoms with Crippen molar-refractivity contribution in [3.8, 4) is 5.75 Å². The Morgan fingerprint density at radius 3 is 2.30 bits per heavy atom. The lowest BCUT2D eigenvalue weighted by atomic mass is 10.2. The smallest absolute Gasteiger partial charge is 0.402 e. The summed E-state index contributed by atoms with van der Waals surface area (Å²) < 4.78 is 67.2. The highest BCUT2D eigenvalue weighted by Crippen LogP contribution is 2.26. The van der Waals surface area contributed by atoms with Gasteiger partial charge in [-0.1, -0.05) is 0 Å². The summed E-state index contributed by atoms with van der Waals surface area (Å²) in [5.41, 5.74) is 0.605. The van der Waals surface area contributed by atoms with E-state index in [4.69, 9.17) is 4.74 Å². The van der Waals surface area contributed by atoms with Crippen LogP contribution in [-0.4, -0.2) is 34.2 Å². The monoisotopic (exact) mass is 466 g/mol. The Balaban J connectivity index is 2.09. The van der Waals surface area contributed by atoms with Gasteiger partial charge in [-0.05, 0) is 58.4 Å². The number of methoxy groups -OCH3 is 1. The largest absolute Gasteiger partial charge is 0.496 e. The van der Waals surface area contributed by atoms with E-state index in [0.29, 0.717) is 15.8 Å². The fourth-order valence-corrected chi connectivity index (χ4v) is 3.54. The van der Waals surface area contributed by atoms with Crippen LogP contribution in [0.2, 0.25) is 0 Å². The predicted octanol–water partition coefficient (Wildman–Crippen LogP) is 3.55. The van der Waals surface area contributed by atoms with Gasteiger partial charge >= 0.3 is 6.18 Å². The van der Waals surface area contributed by atoms with Crippen LogP contribution in [0.3, 0.4) is 0 Å². The van der Waals surface area contributed by atoms with Crippen molar-refractivity contribution in [3.63, 3.8) is 0 Å². The number of halogens is 4. The van der Waals surface area contributed by atoms with E-state index >= 15 is 0 Å². The van der Waals surface area contributed by atoms with Gasteiger partial charge in [0.15, 0.2) is 0 Å². The van der Waals surface area contributed by atoms with Crippen LogP contribution in [0.5, 0.6) is 5.75 Å². The van der Waals surface area contributed by atoms with E-state index in [-0.39, 0.29) is 10.6 Å². The van der Waals surface area contributed by atoms with E-state index < -0.39 is 28.7 Å². The van der Waals surface area contributed by atoms with Crippen molar-refractivity contribution in [1.29, 1.82) is 0 Å². The minimum atomic E-state index is -4.66. The number of benzene rings is 2. The summed E-state index contributed by atoms with van der Waals surface area (Å²) in [6.45, 7) is -1.67. The first kappa shape index (κ1) is 21.2. The average Bonchev–Trinajstić information content (AvgIpc) is 2.60. The van der Waals surface area contributed by atoms with Crippen LogP contribution in [0.25, 0.3) is 0 Å². The quantitative estimate of drug-likeness (QED) is 0.681. The maximum absolute atomic E-state index is 12.2. The molecule has 2 aromatic rings. The number of hydrogen-bond donors (Lipinski definition) is 2. The van der Waals surface area contributed by atoms with Gasteiger partial charge in [-0.2, -0.15) is 13.2 Å². The number of amides is 1. The Morgan fingerprint density at radius 1 is 1.15 bits per heavy atom. The second-order valence-electron chi connectivity index (χ2n) is 5.27. The van der Waals surface area contributed by atoms with Crippen molar-refractivity contribution >= 4 is 37.5 Å². The van der Waals surface area contributed by atoms with E-state index in [1.54, 1.807) is 18.2 Å². The second kappa shape index (κ2) is 8.28. The first-order valence-corrected chi connectivity index (χ1v) is 9.61. The minimum absolute atomic E-state index is 0.279. The molecule has 0 heterocycles. The third-order valence-electron chi connectivity index (χ3n) is 3.30. The lowest BCUT2D eigenvalue weighted by Gasteiger charge is -2.10. The van der Waals surface area contributed by atoms with E-state index in [9.17, 15) is 26.4 Å². The number of ether oxygens (including phenoxy) is 1. The van der Waals surface area contributed by atoms with Crippen LogP contribution in [-0.2, 0) is 10.0 Å². The summed E-state index contributed by atoms with van der Waals surface area (Å²) in [4.78, 5) is 11.9. The fourth-order valence-electron chi connectivity index (χ4n) is 1.99. The van der Waals surface area contributed by atoms with Crippen LogP contribution < -0.4 is 14.8 Å². The molecule has 2 aromatic carbocycles. The van der Waals surface area contributed by atoms with Gasteiger partial charge in [0.2, 0.25) is 10.0 Å². The van der Waals surface area contributed by atoms with Crippen molar-refractivity contribution < 1.29 is 31.1 Å². The highest BCUT2D eigenvalue weighted by Gasteiger charge is 2.30. The number of hydrogen-bond acceptors (Lipinski definition) is 4. The molecule has 0 aliphatic carbocycles.